The number of anilines is 2. The number of fused-ring (bicyclic) bond motifs is 1. The standard InChI is InChI=1S/C27H24F2N2O5S/c1-27(2)21-6-4-5-7-24(21)31(3)25(27)14-19(32)16-36-26(33)17-8-10-18(11-9-17)30-37(34,35)20-12-13-22(28)23(29)15-20/h4-15,30H,16H2,1-3H3. The SMILES string of the molecule is CN1C(=CC(=O)COC(=O)c2ccc(NS(=O)(=O)c3ccc(F)c(F)c3)cc2)C(C)(C)c2ccccc21. The summed E-state index contributed by atoms with van der Waals surface area (Å²) in [7, 11) is -2.30. The predicted molar refractivity (Wildman–Crippen MR) is 135 cm³/mol. The fourth-order valence-corrected chi connectivity index (χ4v) is 5.28. The first-order chi connectivity index (χ1) is 17.4. The second kappa shape index (κ2) is 9.78. The molecule has 0 spiro atoms. The first kappa shape index (κ1) is 26.0. The highest BCUT2D eigenvalue weighted by atomic mass is 32.2. The van der Waals surface area contributed by atoms with Crippen molar-refractivity contribution in [1.29, 1.82) is 0 Å². The molecule has 1 aliphatic rings. The minimum atomic E-state index is -4.18. The van der Waals surface area contributed by atoms with Crippen LogP contribution in [-0.4, -0.2) is 33.8 Å². The van der Waals surface area contributed by atoms with Gasteiger partial charge in [0, 0.05) is 35.6 Å². The van der Waals surface area contributed by atoms with E-state index in [4.69, 9.17) is 4.74 Å². The molecule has 0 radical (unpaired) electrons. The third-order valence-electron chi connectivity index (χ3n) is 6.16. The Labute approximate surface area is 213 Å². The molecular weight excluding hydrogens is 502 g/mol. The zero-order chi connectivity index (χ0) is 27.0. The molecule has 7 nitrogen and oxygen atoms in total. The van der Waals surface area contributed by atoms with Crippen LogP contribution >= 0.6 is 0 Å². The topological polar surface area (TPSA) is 92.8 Å². The summed E-state index contributed by atoms with van der Waals surface area (Å²) in [5.41, 5.74) is 2.67. The molecule has 0 amide bonds. The van der Waals surface area contributed by atoms with Crippen LogP contribution in [0.3, 0.4) is 0 Å². The van der Waals surface area contributed by atoms with E-state index in [0.29, 0.717) is 12.1 Å². The summed E-state index contributed by atoms with van der Waals surface area (Å²) in [6, 6.07) is 15.3. The normalized spacial score (nSPS) is 15.4. The molecule has 0 unspecified atom stereocenters. The minimum Gasteiger partial charge on any atom is -0.454 e. The Morgan fingerprint density at radius 2 is 1.68 bits per heavy atom. The van der Waals surface area contributed by atoms with Crippen molar-refractivity contribution in [2.75, 3.05) is 23.3 Å². The van der Waals surface area contributed by atoms with Crippen LogP contribution in [0.1, 0.15) is 29.8 Å². The third kappa shape index (κ3) is 5.24. The molecule has 192 valence electrons. The summed E-state index contributed by atoms with van der Waals surface area (Å²) in [5, 5.41) is 0. The molecule has 1 aliphatic heterocycles. The second-order valence-electron chi connectivity index (χ2n) is 9.03. The average Bonchev–Trinajstić information content (AvgIpc) is 3.05. The molecule has 0 atom stereocenters. The zero-order valence-corrected chi connectivity index (χ0v) is 21.1. The number of hydrogen-bond acceptors (Lipinski definition) is 6. The van der Waals surface area contributed by atoms with Crippen LogP contribution in [0.25, 0.3) is 0 Å². The number of allylic oxidation sites excluding steroid dienone is 1. The van der Waals surface area contributed by atoms with Crippen LogP contribution in [0.2, 0.25) is 0 Å². The molecule has 4 rings (SSSR count). The highest BCUT2D eigenvalue weighted by Crippen LogP contribution is 2.46. The Balaban J connectivity index is 1.38. The number of esters is 1. The number of ether oxygens (including phenoxy) is 1. The van der Waals surface area contributed by atoms with Crippen molar-refractivity contribution < 1.29 is 31.5 Å². The maximum Gasteiger partial charge on any atom is 0.338 e. The molecule has 1 N–H and O–H groups in total. The molecular formula is C27H24F2N2O5S. The summed E-state index contributed by atoms with van der Waals surface area (Å²) in [6.07, 6.45) is 1.48. The van der Waals surface area contributed by atoms with Crippen molar-refractivity contribution >= 4 is 33.2 Å². The number of likely N-dealkylation sites (N-methyl/N-ethyl adjacent to an activating group) is 1. The van der Waals surface area contributed by atoms with Crippen molar-refractivity contribution in [2.24, 2.45) is 0 Å². The van der Waals surface area contributed by atoms with Gasteiger partial charge in [-0.15, -0.1) is 0 Å². The van der Waals surface area contributed by atoms with E-state index in [9.17, 15) is 26.8 Å². The molecule has 0 saturated heterocycles. The van der Waals surface area contributed by atoms with Crippen LogP contribution in [0.15, 0.2) is 83.4 Å². The van der Waals surface area contributed by atoms with Gasteiger partial charge >= 0.3 is 5.97 Å². The van der Waals surface area contributed by atoms with Crippen molar-refractivity contribution in [3.05, 3.63) is 101 Å². The number of sulfonamides is 1. The van der Waals surface area contributed by atoms with Crippen LogP contribution in [0, 0.1) is 11.6 Å². The number of nitrogens with zero attached hydrogens (tertiary/aromatic N) is 1. The quantitative estimate of drug-likeness (QED) is 0.351. The monoisotopic (exact) mass is 526 g/mol. The van der Waals surface area contributed by atoms with Gasteiger partial charge in [-0.1, -0.05) is 32.0 Å². The lowest BCUT2D eigenvalue weighted by Gasteiger charge is -2.23. The second-order valence-corrected chi connectivity index (χ2v) is 10.7. The fourth-order valence-electron chi connectivity index (χ4n) is 4.21. The molecule has 0 aliphatic carbocycles. The number of hydrogen-bond donors (Lipinski definition) is 1. The Morgan fingerprint density at radius 3 is 2.32 bits per heavy atom. The van der Waals surface area contributed by atoms with E-state index >= 15 is 0 Å². The largest absolute Gasteiger partial charge is 0.454 e. The maximum atomic E-state index is 13.4. The number of rotatable bonds is 7. The summed E-state index contributed by atoms with van der Waals surface area (Å²) in [6.45, 7) is 3.57. The molecule has 37 heavy (non-hydrogen) atoms. The van der Waals surface area contributed by atoms with Crippen molar-refractivity contribution in [1.82, 2.24) is 0 Å². The van der Waals surface area contributed by atoms with Crippen LogP contribution < -0.4 is 9.62 Å². The number of ketones is 1. The van der Waals surface area contributed by atoms with Gasteiger partial charge in [0.15, 0.2) is 24.0 Å². The molecule has 10 heteroatoms. The lowest BCUT2D eigenvalue weighted by Crippen LogP contribution is -2.25. The maximum absolute atomic E-state index is 13.4. The molecule has 3 aromatic rings. The van der Waals surface area contributed by atoms with E-state index in [2.05, 4.69) is 4.72 Å². The van der Waals surface area contributed by atoms with E-state index in [-0.39, 0.29) is 17.0 Å². The van der Waals surface area contributed by atoms with E-state index in [0.717, 1.165) is 23.0 Å². The molecule has 0 saturated carbocycles. The van der Waals surface area contributed by atoms with Gasteiger partial charge in [0.25, 0.3) is 10.0 Å². The summed E-state index contributed by atoms with van der Waals surface area (Å²) in [4.78, 5) is 26.5. The number of carbonyl (C=O) groups excluding carboxylic acids is 2. The van der Waals surface area contributed by atoms with Crippen LogP contribution in [-0.2, 0) is 25.0 Å². The number of para-hydroxylation sites is 1. The van der Waals surface area contributed by atoms with Crippen LogP contribution in [0.5, 0.6) is 0 Å². The smallest absolute Gasteiger partial charge is 0.338 e. The van der Waals surface area contributed by atoms with Gasteiger partial charge in [-0.2, -0.15) is 0 Å². The number of benzene rings is 3. The molecule has 0 aromatic heterocycles. The summed E-state index contributed by atoms with van der Waals surface area (Å²) < 4.78 is 58.7. The van der Waals surface area contributed by atoms with Gasteiger partial charge in [-0.3, -0.25) is 9.52 Å². The molecule has 3 aromatic carbocycles. The molecule has 0 fully saturated rings. The lowest BCUT2D eigenvalue weighted by molar-refractivity contribution is -0.117. The summed E-state index contributed by atoms with van der Waals surface area (Å²) in [5.74, 6) is -3.60. The first-order valence-corrected chi connectivity index (χ1v) is 12.7. The number of nitrogens with one attached hydrogen (secondary N) is 1. The Bertz CT molecular complexity index is 1520. The van der Waals surface area contributed by atoms with E-state index in [1.807, 2.05) is 50.1 Å². The summed E-state index contributed by atoms with van der Waals surface area (Å²) >= 11 is 0. The van der Waals surface area contributed by atoms with Crippen molar-refractivity contribution in [2.45, 2.75) is 24.2 Å². The highest BCUT2D eigenvalue weighted by molar-refractivity contribution is 7.92. The van der Waals surface area contributed by atoms with E-state index < -0.39 is 44.5 Å². The van der Waals surface area contributed by atoms with Gasteiger partial charge in [-0.05, 0) is 54.1 Å². The molecule has 0 bridgehead atoms. The number of halogens is 2. The van der Waals surface area contributed by atoms with Crippen LogP contribution in [0.4, 0.5) is 20.2 Å². The average molecular weight is 527 g/mol. The highest BCUT2D eigenvalue weighted by Gasteiger charge is 2.38. The third-order valence-corrected chi connectivity index (χ3v) is 7.54. The van der Waals surface area contributed by atoms with E-state index in [1.54, 1.807) is 0 Å². The van der Waals surface area contributed by atoms with Gasteiger partial charge < -0.3 is 9.64 Å². The van der Waals surface area contributed by atoms with Gasteiger partial charge in [0.05, 0.1) is 10.5 Å². The predicted octanol–water partition coefficient (Wildman–Crippen LogP) is 4.80. The van der Waals surface area contributed by atoms with E-state index in [1.165, 1.54) is 30.3 Å². The lowest BCUT2D eigenvalue weighted by atomic mass is 9.83. The van der Waals surface area contributed by atoms with Gasteiger partial charge in [-0.25, -0.2) is 22.0 Å². The number of carbonyl (C=O) groups is 2. The van der Waals surface area contributed by atoms with Gasteiger partial charge in [0.1, 0.15) is 0 Å². The zero-order valence-electron chi connectivity index (χ0n) is 20.3. The van der Waals surface area contributed by atoms with Crippen molar-refractivity contribution in [3.8, 4) is 0 Å². The first-order valence-electron chi connectivity index (χ1n) is 11.2. The Morgan fingerprint density at radius 1 is 1.00 bits per heavy atom. The van der Waals surface area contributed by atoms with Gasteiger partial charge in [0.2, 0.25) is 0 Å². The Kier molecular flexibility index (Phi) is 6.88. The minimum absolute atomic E-state index is 0.0909. The Hall–Kier alpha value is -4.05. The fraction of sp³-hybridized carbons (Fsp3) is 0.185. The van der Waals surface area contributed by atoms with Crippen molar-refractivity contribution in [3.63, 3.8) is 0 Å². The molecule has 1 heterocycles.